The van der Waals surface area contributed by atoms with Crippen molar-refractivity contribution in [1.29, 1.82) is 0 Å². The lowest BCUT2D eigenvalue weighted by molar-refractivity contribution is 0.0957. The first-order valence-corrected chi connectivity index (χ1v) is 9.57. The molecule has 0 aromatic heterocycles. The Labute approximate surface area is 153 Å². The molecule has 0 saturated heterocycles. The number of ether oxygens (including phenoxy) is 1. The van der Waals surface area contributed by atoms with E-state index < -0.39 is 10.0 Å². The summed E-state index contributed by atoms with van der Waals surface area (Å²) >= 11 is 0. The molecule has 2 aromatic carbocycles. The van der Waals surface area contributed by atoms with E-state index in [2.05, 4.69) is 16.6 Å². The third-order valence-electron chi connectivity index (χ3n) is 3.67. The molecule has 2 rings (SSSR count). The molecule has 26 heavy (non-hydrogen) atoms. The van der Waals surface area contributed by atoms with E-state index in [0.29, 0.717) is 13.0 Å². The van der Waals surface area contributed by atoms with E-state index in [1.165, 1.54) is 25.3 Å². The molecule has 2 N–H and O–H groups in total. The Hall–Kier alpha value is -2.64. The minimum atomic E-state index is -3.82. The van der Waals surface area contributed by atoms with Crippen molar-refractivity contribution in [3.05, 3.63) is 72.3 Å². The summed E-state index contributed by atoms with van der Waals surface area (Å²) in [6, 6.07) is 13.9. The van der Waals surface area contributed by atoms with Crippen molar-refractivity contribution in [2.45, 2.75) is 11.3 Å². The van der Waals surface area contributed by atoms with Crippen LogP contribution in [-0.2, 0) is 16.4 Å². The molecule has 0 atom stereocenters. The fourth-order valence-corrected chi connectivity index (χ4v) is 3.57. The first-order chi connectivity index (χ1) is 12.5. The van der Waals surface area contributed by atoms with Crippen molar-refractivity contribution in [2.75, 3.05) is 20.2 Å². The lowest BCUT2D eigenvalue weighted by Crippen LogP contribution is -2.27. The van der Waals surface area contributed by atoms with Gasteiger partial charge in [-0.25, -0.2) is 13.1 Å². The molecule has 2 aromatic rings. The zero-order valence-corrected chi connectivity index (χ0v) is 15.4. The molecule has 0 bridgehead atoms. The zero-order valence-electron chi connectivity index (χ0n) is 14.6. The summed E-state index contributed by atoms with van der Waals surface area (Å²) in [6.45, 7) is 4.06. The molecular weight excluding hydrogens is 352 g/mol. The van der Waals surface area contributed by atoms with E-state index in [1.54, 1.807) is 6.08 Å². The number of benzene rings is 2. The minimum Gasteiger partial charge on any atom is -0.495 e. The van der Waals surface area contributed by atoms with Crippen molar-refractivity contribution < 1.29 is 17.9 Å². The Balaban J connectivity index is 2.17. The number of methoxy groups -OCH3 is 1. The number of sulfonamides is 1. The van der Waals surface area contributed by atoms with Gasteiger partial charge in [-0.3, -0.25) is 4.79 Å². The number of rotatable bonds is 9. The summed E-state index contributed by atoms with van der Waals surface area (Å²) in [7, 11) is -2.44. The summed E-state index contributed by atoms with van der Waals surface area (Å²) in [5.41, 5.74) is 1.26. The van der Waals surface area contributed by atoms with Crippen LogP contribution < -0.4 is 14.8 Å². The molecule has 6 nitrogen and oxygen atoms in total. The summed E-state index contributed by atoms with van der Waals surface area (Å²) in [6.07, 6.45) is 2.10. The van der Waals surface area contributed by atoms with Gasteiger partial charge in [-0.15, -0.1) is 6.58 Å². The van der Waals surface area contributed by atoms with Crippen molar-refractivity contribution in [2.24, 2.45) is 0 Å². The lowest BCUT2D eigenvalue weighted by atomic mass is 10.2. The molecule has 0 unspecified atom stereocenters. The maximum Gasteiger partial charge on any atom is 0.251 e. The van der Waals surface area contributed by atoms with Crippen LogP contribution in [0.25, 0.3) is 0 Å². The third kappa shape index (κ3) is 5.18. The number of hydrogen-bond acceptors (Lipinski definition) is 4. The number of hydrogen-bond donors (Lipinski definition) is 2. The normalized spacial score (nSPS) is 11.0. The zero-order chi connectivity index (χ0) is 19.0. The van der Waals surface area contributed by atoms with Gasteiger partial charge in [-0.05, 0) is 30.2 Å². The molecule has 0 heterocycles. The van der Waals surface area contributed by atoms with E-state index in [4.69, 9.17) is 4.74 Å². The monoisotopic (exact) mass is 374 g/mol. The van der Waals surface area contributed by atoms with E-state index in [1.807, 2.05) is 30.3 Å². The van der Waals surface area contributed by atoms with Crippen molar-refractivity contribution in [3.63, 3.8) is 0 Å². The third-order valence-corrected chi connectivity index (χ3v) is 5.15. The highest BCUT2D eigenvalue weighted by Crippen LogP contribution is 2.24. The highest BCUT2D eigenvalue weighted by atomic mass is 32.2. The van der Waals surface area contributed by atoms with Crippen LogP contribution in [0.5, 0.6) is 5.75 Å². The maximum atomic E-state index is 12.7. The van der Waals surface area contributed by atoms with Crippen LogP contribution in [0, 0.1) is 0 Å². The standard InChI is InChI=1S/C19H22N2O4S/c1-3-12-20-19(22)16-9-10-17(25-2)18(14-16)26(23,24)21-13-11-15-7-5-4-6-8-15/h3-10,14,21H,1,11-13H2,2H3,(H,20,22). The average Bonchev–Trinajstić information content (AvgIpc) is 2.66. The summed E-state index contributed by atoms with van der Waals surface area (Å²) in [4.78, 5) is 12.0. The van der Waals surface area contributed by atoms with E-state index in [9.17, 15) is 13.2 Å². The number of carbonyl (C=O) groups excluding carboxylic acids is 1. The number of nitrogens with one attached hydrogen (secondary N) is 2. The van der Waals surface area contributed by atoms with Gasteiger partial charge >= 0.3 is 0 Å². The van der Waals surface area contributed by atoms with Crippen LogP contribution in [0.1, 0.15) is 15.9 Å². The highest BCUT2D eigenvalue weighted by molar-refractivity contribution is 7.89. The quantitative estimate of drug-likeness (QED) is 0.659. The second-order valence-electron chi connectivity index (χ2n) is 5.50. The van der Waals surface area contributed by atoms with Gasteiger partial charge in [0.15, 0.2) is 0 Å². The topological polar surface area (TPSA) is 84.5 Å². The van der Waals surface area contributed by atoms with Gasteiger partial charge in [0.05, 0.1) is 7.11 Å². The summed E-state index contributed by atoms with van der Waals surface area (Å²) in [5, 5.41) is 2.62. The highest BCUT2D eigenvalue weighted by Gasteiger charge is 2.21. The van der Waals surface area contributed by atoms with Crippen molar-refractivity contribution in [3.8, 4) is 5.75 Å². The molecule has 1 amide bonds. The van der Waals surface area contributed by atoms with E-state index >= 15 is 0 Å². The summed E-state index contributed by atoms with van der Waals surface area (Å²) in [5.74, 6) is -0.203. The fraction of sp³-hybridized carbons (Fsp3) is 0.211. The molecule has 7 heteroatoms. The van der Waals surface area contributed by atoms with Gasteiger partial charge in [-0.1, -0.05) is 36.4 Å². The molecule has 0 saturated carbocycles. The summed E-state index contributed by atoms with van der Waals surface area (Å²) < 4.78 is 33.0. The second-order valence-corrected chi connectivity index (χ2v) is 7.23. The molecule has 0 spiro atoms. The van der Waals surface area contributed by atoms with Crippen molar-refractivity contribution >= 4 is 15.9 Å². The van der Waals surface area contributed by atoms with Gasteiger partial charge in [0.1, 0.15) is 10.6 Å². The van der Waals surface area contributed by atoms with Gasteiger partial charge < -0.3 is 10.1 Å². The Kier molecular flexibility index (Phi) is 6.94. The van der Waals surface area contributed by atoms with E-state index in [0.717, 1.165) is 5.56 Å². The first kappa shape index (κ1) is 19.7. The predicted octanol–water partition coefficient (Wildman–Crippen LogP) is 2.13. The fourth-order valence-electron chi connectivity index (χ4n) is 2.35. The molecular formula is C19H22N2O4S. The number of amides is 1. The number of carbonyl (C=O) groups is 1. The average molecular weight is 374 g/mol. The molecule has 0 radical (unpaired) electrons. The minimum absolute atomic E-state index is 0.0701. The SMILES string of the molecule is C=CCNC(=O)c1ccc(OC)c(S(=O)(=O)NCCc2ccccc2)c1. The van der Waals surface area contributed by atoms with E-state index in [-0.39, 0.29) is 28.7 Å². The molecule has 0 aliphatic heterocycles. The van der Waals surface area contributed by atoms with Gasteiger partial charge in [-0.2, -0.15) is 0 Å². The first-order valence-electron chi connectivity index (χ1n) is 8.08. The van der Waals surface area contributed by atoms with Crippen LogP contribution in [0.4, 0.5) is 0 Å². The second kappa shape index (κ2) is 9.17. The smallest absolute Gasteiger partial charge is 0.251 e. The maximum absolute atomic E-state index is 12.7. The Morgan fingerprint density at radius 3 is 2.58 bits per heavy atom. The van der Waals surface area contributed by atoms with Crippen LogP contribution >= 0.6 is 0 Å². The molecule has 138 valence electrons. The van der Waals surface area contributed by atoms with Gasteiger partial charge in [0, 0.05) is 18.7 Å². The predicted molar refractivity (Wildman–Crippen MR) is 101 cm³/mol. The van der Waals surface area contributed by atoms with Gasteiger partial charge in [0.2, 0.25) is 10.0 Å². The van der Waals surface area contributed by atoms with Crippen LogP contribution in [-0.4, -0.2) is 34.5 Å². The molecule has 0 aliphatic rings. The van der Waals surface area contributed by atoms with Crippen molar-refractivity contribution in [1.82, 2.24) is 10.0 Å². The molecule has 0 fully saturated rings. The van der Waals surface area contributed by atoms with Crippen LogP contribution in [0.3, 0.4) is 0 Å². The Morgan fingerprint density at radius 1 is 1.19 bits per heavy atom. The van der Waals surface area contributed by atoms with Gasteiger partial charge in [0.25, 0.3) is 5.91 Å². The van der Waals surface area contributed by atoms with Crippen LogP contribution in [0.15, 0.2) is 66.1 Å². The molecule has 0 aliphatic carbocycles. The lowest BCUT2D eigenvalue weighted by Gasteiger charge is -2.12. The Morgan fingerprint density at radius 2 is 1.92 bits per heavy atom. The largest absolute Gasteiger partial charge is 0.495 e. The van der Waals surface area contributed by atoms with Crippen LogP contribution in [0.2, 0.25) is 0 Å². The Bertz CT molecular complexity index is 864.